The molecule has 0 fully saturated rings. The predicted octanol–water partition coefficient (Wildman–Crippen LogP) is -4.53. The molecule has 0 spiro atoms. The van der Waals surface area contributed by atoms with Gasteiger partial charge in [0, 0.05) is 0 Å². The molecule has 8 heavy (non-hydrogen) atoms. The van der Waals surface area contributed by atoms with Crippen LogP contribution in [0.3, 0.4) is 0 Å². The van der Waals surface area contributed by atoms with Crippen LogP contribution in [0.25, 0.3) is 0 Å². The van der Waals surface area contributed by atoms with E-state index in [2.05, 4.69) is 0 Å². The number of halogens is 1. The molecule has 0 saturated carbocycles. The zero-order valence-electron chi connectivity index (χ0n) is 3.72. The van der Waals surface area contributed by atoms with Crippen molar-refractivity contribution in [2.75, 3.05) is 0 Å². The van der Waals surface area contributed by atoms with Crippen LogP contribution in [0.5, 0.6) is 0 Å². The van der Waals surface area contributed by atoms with Crippen LogP contribution in [0.1, 0.15) is 0 Å². The second-order valence-electron chi connectivity index (χ2n) is 0. The Morgan fingerprint density at radius 2 is 0.375 bits per heavy atom. The quantitative estimate of drug-likeness (QED) is 0.343. The molecule has 0 saturated heterocycles. The molecule has 0 aromatic heterocycles. The Balaban J connectivity index is 0. The van der Waals surface area contributed by atoms with E-state index in [0.29, 0.717) is 0 Å². The first-order chi connectivity index (χ1) is 0. The summed E-state index contributed by atoms with van der Waals surface area (Å²) in [4.78, 5) is 0. The van der Waals surface area contributed by atoms with Crippen LogP contribution >= 0.6 is 12.4 Å². The minimum atomic E-state index is 0. The van der Waals surface area contributed by atoms with Gasteiger partial charge in [-0.2, -0.15) is 0 Å². The van der Waals surface area contributed by atoms with Crippen molar-refractivity contribution in [3.05, 3.63) is 0 Å². The minimum absolute atomic E-state index is 0. The monoisotopic (exact) mass is 202 g/mol. The summed E-state index contributed by atoms with van der Waals surface area (Å²) in [5.74, 6) is 0. The standard InChI is InChI=1S/ClH.Ni.6H2O/h1H;;6*1H2/q;+2;;;;;;. The van der Waals surface area contributed by atoms with E-state index >= 15 is 0 Å². The van der Waals surface area contributed by atoms with E-state index in [1.54, 1.807) is 0 Å². The van der Waals surface area contributed by atoms with E-state index in [1.807, 2.05) is 0 Å². The van der Waals surface area contributed by atoms with Crippen LogP contribution < -0.4 is 0 Å². The van der Waals surface area contributed by atoms with E-state index in [9.17, 15) is 0 Å². The Kier molecular flexibility index (Phi) is 225000. The van der Waals surface area contributed by atoms with Crippen LogP contribution in [0.2, 0.25) is 0 Å². The molecule has 0 aromatic rings. The van der Waals surface area contributed by atoms with Gasteiger partial charge in [-0.05, 0) is 0 Å². The summed E-state index contributed by atoms with van der Waals surface area (Å²) in [7, 11) is 0. The summed E-state index contributed by atoms with van der Waals surface area (Å²) < 4.78 is 0. The van der Waals surface area contributed by atoms with Crippen molar-refractivity contribution in [1.82, 2.24) is 0 Å². The average Bonchev–Trinajstić information content (AvgIpc) is 0. The van der Waals surface area contributed by atoms with Gasteiger partial charge in [-0.3, -0.25) is 0 Å². The van der Waals surface area contributed by atoms with Gasteiger partial charge in [0.2, 0.25) is 0 Å². The smallest absolute Gasteiger partial charge is 0.412 e. The molecule has 0 bridgehead atoms. The normalized spacial score (nSPS) is 0. The molecule has 0 heterocycles. The molecule has 0 amide bonds. The van der Waals surface area contributed by atoms with Gasteiger partial charge in [0.05, 0.1) is 0 Å². The molecule has 0 aromatic carbocycles. The van der Waals surface area contributed by atoms with Crippen molar-refractivity contribution in [2.24, 2.45) is 0 Å². The molecule has 0 atom stereocenters. The van der Waals surface area contributed by atoms with Gasteiger partial charge in [0.1, 0.15) is 0 Å². The van der Waals surface area contributed by atoms with Crippen LogP contribution in [0.15, 0.2) is 0 Å². The molecule has 0 radical (unpaired) electrons. The molecule has 0 aliphatic heterocycles. The third kappa shape index (κ3) is 681. The Hall–Kier alpha value is 0.544. The first-order valence-corrected chi connectivity index (χ1v) is 0. The summed E-state index contributed by atoms with van der Waals surface area (Å²) in [6, 6.07) is 0. The predicted molar refractivity (Wildman–Crippen MR) is 28.9 cm³/mol. The van der Waals surface area contributed by atoms with Crippen molar-refractivity contribution in [3.63, 3.8) is 0 Å². The second kappa shape index (κ2) is 1090. The number of rotatable bonds is 0. The Morgan fingerprint density at radius 1 is 0.375 bits per heavy atom. The molecule has 0 aliphatic rings. The van der Waals surface area contributed by atoms with Gasteiger partial charge in [0.25, 0.3) is 0 Å². The van der Waals surface area contributed by atoms with Crippen LogP contribution in [0, 0.1) is 0 Å². The zero-order chi connectivity index (χ0) is 0. The van der Waals surface area contributed by atoms with Crippen molar-refractivity contribution < 1.29 is 49.3 Å². The molecule has 0 unspecified atom stereocenters. The first kappa shape index (κ1) is 1650. The fourth-order valence-electron chi connectivity index (χ4n) is 0. The molecular formula is H13ClNiO6+2. The van der Waals surface area contributed by atoms with Crippen molar-refractivity contribution >= 4 is 12.4 Å². The van der Waals surface area contributed by atoms with Crippen LogP contribution in [-0.2, 0) is 16.5 Å². The topological polar surface area (TPSA) is 189 Å². The van der Waals surface area contributed by atoms with Gasteiger partial charge in [-0.15, -0.1) is 12.4 Å². The number of hydrogen-bond acceptors (Lipinski definition) is 0. The fraction of sp³-hybridized carbons (Fsp3) is 0. The molecule has 64 valence electrons. The van der Waals surface area contributed by atoms with Crippen molar-refractivity contribution in [2.45, 2.75) is 0 Å². The Labute approximate surface area is 62.5 Å². The summed E-state index contributed by atoms with van der Waals surface area (Å²) in [5, 5.41) is 0. The summed E-state index contributed by atoms with van der Waals surface area (Å²) >= 11 is 0. The van der Waals surface area contributed by atoms with Gasteiger partial charge in [0.15, 0.2) is 0 Å². The van der Waals surface area contributed by atoms with Crippen LogP contribution in [-0.4, -0.2) is 32.9 Å². The molecule has 12 N–H and O–H groups in total. The molecule has 8 heteroatoms. The second-order valence-corrected chi connectivity index (χ2v) is 0. The van der Waals surface area contributed by atoms with E-state index < -0.39 is 0 Å². The average molecular weight is 203 g/mol. The maximum absolute atomic E-state index is 0. The van der Waals surface area contributed by atoms with Crippen molar-refractivity contribution in [1.29, 1.82) is 0 Å². The Bertz CT molecular complexity index is 8.49. The minimum Gasteiger partial charge on any atom is -0.412 e. The van der Waals surface area contributed by atoms with E-state index in [4.69, 9.17) is 0 Å². The maximum Gasteiger partial charge on any atom is 2.00 e. The molecule has 6 nitrogen and oxygen atoms in total. The molecular weight excluding hydrogens is 190 g/mol. The van der Waals surface area contributed by atoms with Crippen molar-refractivity contribution in [3.8, 4) is 0 Å². The molecule has 0 rings (SSSR count). The summed E-state index contributed by atoms with van der Waals surface area (Å²) in [6.07, 6.45) is 0. The van der Waals surface area contributed by atoms with Gasteiger partial charge < -0.3 is 32.9 Å². The summed E-state index contributed by atoms with van der Waals surface area (Å²) in [6.45, 7) is 0. The zero-order valence-corrected chi connectivity index (χ0v) is 5.53. The third-order valence-electron chi connectivity index (χ3n) is 0. The van der Waals surface area contributed by atoms with Crippen LogP contribution in [0.4, 0.5) is 0 Å². The Morgan fingerprint density at radius 3 is 0.375 bits per heavy atom. The summed E-state index contributed by atoms with van der Waals surface area (Å²) in [5.41, 5.74) is 0. The maximum atomic E-state index is 0. The van der Waals surface area contributed by atoms with E-state index in [-0.39, 0.29) is 61.8 Å². The van der Waals surface area contributed by atoms with Gasteiger partial charge in [-0.1, -0.05) is 0 Å². The van der Waals surface area contributed by atoms with E-state index in [1.165, 1.54) is 0 Å². The first-order valence-electron chi connectivity index (χ1n) is 0. The number of hydrogen-bond donors (Lipinski definition) is 0. The molecule has 0 aliphatic carbocycles. The largest absolute Gasteiger partial charge is 2.00 e. The van der Waals surface area contributed by atoms with Gasteiger partial charge in [-0.25, -0.2) is 0 Å². The fourth-order valence-corrected chi connectivity index (χ4v) is 0. The SMILES string of the molecule is Cl.O.O.O.O.O.O.[Ni+2]. The third-order valence-corrected chi connectivity index (χ3v) is 0. The van der Waals surface area contributed by atoms with E-state index in [0.717, 1.165) is 0 Å². The van der Waals surface area contributed by atoms with Gasteiger partial charge >= 0.3 is 16.5 Å².